The molecular weight excluding hydrogens is 286 g/mol. The van der Waals surface area contributed by atoms with E-state index >= 15 is 0 Å². The molecule has 23 heavy (non-hydrogen) atoms. The number of carbonyl (C=O) groups excluding carboxylic acids is 1. The summed E-state index contributed by atoms with van der Waals surface area (Å²) in [6.45, 7) is 10.2. The highest BCUT2D eigenvalue weighted by atomic mass is 16.1. The molecule has 0 saturated carbocycles. The van der Waals surface area contributed by atoms with Gasteiger partial charge in [0.15, 0.2) is 0 Å². The number of piperazine rings is 1. The van der Waals surface area contributed by atoms with E-state index in [0.29, 0.717) is 6.42 Å². The van der Waals surface area contributed by atoms with E-state index in [1.54, 1.807) is 0 Å². The molecule has 128 valence electrons. The third-order valence-corrected chi connectivity index (χ3v) is 4.50. The van der Waals surface area contributed by atoms with Crippen molar-refractivity contribution in [2.45, 2.75) is 39.5 Å². The maximum atomic E-state index is 11.8. The fourth-order valence-electron chi connectivity index (χ4n) is 3.01. The summed E-state index contributed by atoms with van der Waals surface area (Å²) in [6, 6.07) is 8.70. The lowest BCUT2D eigenvalue weighted by Gasteiger charge is -2.36. The summed E-state index contributed by atoms with van der Waals surface area (Å²) in [7, 11) is 0. The molecule has 1 aliphatic rings. The van der Waals surface area contributed by atoms with E-state index in [9.17, 15) is 4.79 Å². The highest BCUT2D eigenvalue weighted by molar-refractivity contribution is 5.76. The number of unbranched alkanes of at least 4 members (excludes halogenated alkanes) is 2. The Morgan fingerprint density at radius 3 is 2.65 bits per heavy atom. The van der Waals surface area contributed by atoms with Crippen LogP contribution in [0.15, 0.2) is 24.3 Å². The van der Waals surface area contributed by atoms with E-state index in [1.807, 2.05) is 0 Å². The average Bonchev–Trinajstić information content (AvgIpc) is 2.57. The molecule has 1 N–H and O–H groups in total. The van der Waals surface area contributed by atoms with Gasteiger partial charge < -0.3 is 10.2 Å². The van der Waals surface area contributed by atoms with Gasteiger partial charge in [-0.15, -0.1) is 0 Å². The zero-order chi connectivity index (χ0) is 16.5. The predicted molar refractivity (Wildman–Crippen MR) is 97.0 cm³/mol. The molecule has 0 spiro atoms. The second kappa shape index (κ2) is 9.56. The molecule has 1 aromatic rings. The number of rotatable bonds is 8. The SMILES string of the molecule is CCCCCNC(=O)CCN1CCN(c2cccc(C)c2)CC1. The van der Waals surface area contributed by atoms with Crippen LogP contribution >= 0.6 is 0 Å². The van der Waals surface area contributed by atoms with Crippen molar-refractivity contribution in [2.75, 3.05) is 44.2 Å². The summed E-state index contributed by atoms with van der Waals surface area (Å²) in [6.07, 6.45) is 4.11. The second-order valence-electron chi connectivity index (χ2n) is 6.47. The van der Waals surface area contributed by atoms with Crippen LogP contribution in [0.3, 0.4) is 0 Å². The first-order valence-corrected chi connectivity index (χ1v) is 8.99. The summed E-state index contributed by atoms with van der Waals surface area (Å²) in [5.41, 5.74) is 2.63. The molecule has 0 aromatic heterocycles. The minimum atomic E-state index is 0.196. The summed E-state index contributed by atoms with van der Waals surface area (Å²) in [5.74, 6) is 0.196. The molecule has 0 unspecified atom stereocenters. The molecule has 4 heteroatoms. The topological polar surface area (TPSA) is 35.6 Å². The molecule has 0 radical (unpaired) electrons. The van der Waals surface area contributed by atoms with Crippen LogP contribution in [0, 0.1) is 6.92 Å². The van der Waals surface area contributed by atoms with Crippen molar-refractivity contribution in [1.82, 2.24) is 10.2 Å². The molecule has 4 nitrogen and oxygen atoms in total. The minimum absolute atomic E-state index is 0.196. The Balaban J connectivity index is 1.64. The van der Waals surface area contributed by atoms with Crippen molar-refractivity contribution >= 4 is 11.6 Å². The summed E-state index contributed by atoms with van der Waals surface area (Å²) in [4.78, 5) is 16.7. The fraction of sp³-hybridized carbons (Fsp3) is 0.632. The summed E-state index contributed by atoms with van der Waals surface area (Å²) in [5, 5.41) is 3.02. The first-order valence-electron chi connectivity index (χ1n) is 8.99. The molecular formula is C19H31N3O. The normalized spacial score (nSPS) is 15.7. The number of benzene rings is 1. The fourth-order valence-corrected chi connectivity index (χ4v) is 3.01. The Hall–Kier alpha value is -1.55. The molecule has 1 saturated heterocycles. The number of carbonyl (C=O) groups is 1. The van der Waals surface area contributed by atoms with Gasteiger partial charge >= 0.3 is 0 Å². The average molecular weight is 317 g/mol. The van der Waals surface area contributed by atoms with Gasteiger partial charge in [0.2, 0.25) is 5.91 Å². The third kappa shape index (κ3) is 6.22. The van der Waals surface area contributed by atoms with Crippen LogP contribution in [0.5, 0.6) is 0 Å². The Bertz CT molecular complexity index is 481. The number of aryl methyl sites for hydroxylation is 1. The molecule has 1 aliphatic heterocycles. The van der Waals surface area contributed by atoms with Crippen LogP contribution in [0.25, 0.3) is 0 Å². The molecule has 0 atom stereocenters. The molecule has 1 heterocycles. The second-order valence-corrected chi connectivity index (χ2v) is 6.47. The molecule has 0 bridgehead atoms. The number of hydrogen-bond donors (Lipinski definition) is 1. The first-order chi connectivity index (χ1) is 11.2. The van der Waals surface area contributed by atoms with Crippen LogP contribution in [0.4, 0.5) is 5.69 Å². The van der Waals surface area contributed by atoms with Gasteiger partial charge in [-0.3, -0.25) is 9.69 Å². The standard InChI is InChI=1S/C19H31N3O/c1-3-4-5-10-20-19(23)9-11-21-12-14-22(15-13-21)18-8-6-7-17(2)16-18/h6-8,16H,3-5,9-15H2,1-2H3,(H,20,23). The van der Waals surface area contributed by atoms with Crippen molar-refractivity contribution in [3.8, 4) is 0 Å². The van der Waals surface area contributed by atoms with Crippen molar-refractivity contribution < 1.29 is 4.79 Å². The Morgan fingerprint density at radius 2 is 1.96 bits per heavy atom. The van der Waals surface area contributed by atoms with Crippen LogP contribution in [-0.4, -0.2) is 50.1 Å². The summed E-state index contributed by atoms with van der Waals surface area (Å²) < 4.78 is 0. The number of anilines is 1. The molecule has 1 aromatic carbocycles. The van der Waals surface area contributed by atoms with Gasteiger partial charge in [0.25, 0.3) is 0 Å². The smallest absolute Gasteiger partial charge is 0.221 e. The third-order valence-electron chi connectivity index (χ3n) is 4.50. The zero-order valence-electron chi connectivity index (χ0n) is 14.7. The van der Waals surface area contributed by atoms with Crippen LogP contribution in [0.1, 0.15) is 38.2 Å². The van der Waals surface area contributed by atoms with E-state index in [-0.39, 0.29) is 5.91 Å². The number of nitrogens with one attached hydrogen (secondary N) is 1. The van der Waals surface area contributed by atoms with E-state index in [1.165, 1.54) is 24.1 Å². The van der Waals surface area contributed by atoms with Crippen molar-refractivity contribution in [3.05, 3.63) is 29.8 Å². The number of hydrogen-bond acceptors (Lipinski definition) is 3. The highest BCUT2D eigenvalue weighted by Crippen LogP contribution is 2.17. The van der Waals surface area contributed by atoms with Gasteiger partial charge in [0.05, 0.1) is 0 Å². The van der Waals surface area contributed by atoms with Gasteiger partial charge in [-0.05, 0) is 31.0 Å². The lowest BCUT2D eigenvalue weighted by molar-refractivity contribution is -0.121. The quantitative estimate of drug-likeness (QED) is 0.749. The Labute approximate surface area is 140 Å². The number of nitrogens with zero attached hydrogens (tertiary/aromatic N) is 2. The van der Waals surface area contributed by atoms with Crippen molar-refractivity contribution in [1.29, 1.82) is 0 Å². The zero-order valence-corrected chi connectivity index (χ0v) is 14.7. The predicted octanol–water partition coefficient (Wildman–Crippen LogP) is 2.81. The van der Waals surface area contributed by atoms with Gasteiger partial charge in [-0.2, -0.15) is 0 Å². The largest absolute Gasteiger partial charge is 0.369 e. The van der Waals surface area contributed by atoms with Gasteiger partial charge in [0, 0.05) is 51.4 Å². The van der Waals surface area contributed by atoms with Crippen LogP contribution < -0.4 is 10.2 Å². The molecule has 1 fully saturated rings. The summed E-state index contributed by atoms with van der Waals surface area (Å²) >= 11 is 0. The highest BCUT2D eigenvalue weighted by Gasteiger charge is 2.17. The maximum absolute atomic E-state index is 11.8. The Kier molecular flexibility index (Phi) is 7.40. The lowest BCUT2D eigenvalue weighted by atomic mass is 10.2. The van der Waals surface area contributed by atoms with Crippen LogP contribution in [-0.2, 0) is 4.79 Å². The lowest BCUT2D eigenvalue weighted by Crippen LogP contribution is -2.47. The van der Waals surface area contributed by atoms with Gasteiger partial charge in [0.1, 0.15) is 0 Å². The molecule has 1 amide bonds. The van der Waals surface area contributed by atoms with E-state index in [0.717, 1.165) is 45.7 Å². The van der Waals surface area contributed by atoms with E-state index < -0.39 is 0 Å². The maximum Gasteiger partial charge on any atom is 0.221 e. The Morgan fingerprint density at radius 1 is 1.17 bits per heavy atom. The van der Waals surface area contributed by atoms with E-state index in [2.05, 4.69) is 53.2 Å². The van der Waals surface area contributed by atoms with Gasteiger partial charge in [-0.1, -0.05) is 31.9 Å². The van der Waals surface area contributed by atoms with Gasteiger partial charge in [-0.25, -0.2) is 0 Å². The van der Waals surface area contributed by atoms with Crippen molar-refractivity contribution in [2.24, 2.45) is 0 Å². The molecule has 0 aliphatic carbocycles. The van der Waals surface area contributed by atoms with Crippen molar-refractivity contribution in [3.63, 3.8) is 0 Å². The number of amides is 1. The first kappa shape index (κ1) is 17.8. The monoisotopic (exact) mass is 317 g/mol. The molecule has 2 rings (SSSR count). The van der Waals surface area contributed by atoms with Crippen LogP contribution in [0.2, 0.25) is 0 Å². The van der Waals surface area contributed by atoms with E-state index in [4.69, 9.17) is 0 Å². The minimum Gasteiger partial charge on any atom is -0.369 e.